The fourth-order valence-electron chi connectivity index (χ4n) is 3.66. The zero-order valence-electron chi connectivity index (χ0n) is 15.0. The first kappa shape index (κ1) is 18.0. The van der Waals surface area contributed by atoms with Crippen molar-refractivity contribution in [2.75, 3.05) is 25.0 Å². The predicted octanol–water partition coefficient (Wildman–Crippen LogP) is 4.76. The van der Waals surface area contributed by atoms with Crippen LogP contribution in [0.1, 0.15) is 43.0 Å². The molecule has 0 bridgehead atoms. The third kappa shape index (κ3) is 3.98. The van der Waals surface area contributed by atoms with E-state index in [0.29, 0.717) is 12.0 Å². The van der Waals surface area contributed by atoms with Gasteiger partial charge in [-0.25, -0.2) is 9.97 Å². The molecule has 1 aromatic carbocycles. The van der Waals surface area contributed by atoms with Crippen molar-refractivity contribution in [1.29, 1.82) is 0 Å². The molecule has 2 heterocycles. The van der Waals surface area contributed by atoms with Crippen LogP contribution >= 0.6 is 23.2 Å². The minimum Gasteiger partial charge on any atom is -0.356 e. The predicted molar refractivity (Wildman–Crippen MR) is 107 cm³/mol. The van der Waals surface area contributed by atoms with Crippen molar-refractivity contribution in [3.8, 4) is 0 Å². The molecule has 138 valence electrons. The second-order valence-corrected chi connectivity index (χ2v) is 8.18. The molecule has 1 aliphatic carbocycles. The van der Waals surface area contributed by atoms with Gasteiger partial charge in [-0.2, -0.15) is 0 Å². The first-order chi connectivity index (χ1) is 12.6. The van der Waals surface area contributed by atoms with Gasteiger partial charge in [0.2, 0.25) is 0 Å². The van der Waals surface area contributed by atoms with E-state index in [1.165, 1.54) is 12.8 Å². The molecule has 4 nitrogen and oxygen atoms in total. The first-order valence-corrected chi connectivity index (χ1v) is 10.1. The van der Waals surface area contributed by atoms with Gasteiger partial charge < -0.3 is 4.90 Å². The molecule has 26 heavy (non-hydrogen) atoms. The number of piperidine rings is 1. The Balaban J connectivity index is 1.36. The van der Waals surface area contributed by atoms with Gasteiger partial charge in [0, 0.05) is 60.4 Å². The highest BCUT2D eigenvalue weighted by molar-refractivity contribution is 6.35. The quantitative estimate of drug-likeness (QED) is 0.736. The third-order valence-electron chi connectivity index (χ3n) is 5.51. The van der Waals surface area contributed by atoms with Gasteiger partial charge in [0.1, 0.15) is 11.6 Å². The monoisotopic (exact) mass is 390 g/mol. The number of aromatic nitrogens is 2. The maximum atomic E-state index is 6.32. The third-order valence-corrected chi connectivity index (χ3v) is 6.22. The van der Waals surface area contributed by atoms with E-state index in [-0.39, 0.29) is 0 Å². The number of hydrogen-bond donors (Lipinski definition) is 0. The summed E-state index contributed by atoms with van der Waals surface area (Å²) in [5, 5.41) is 1.51. The van der Waals surface area contributed by atoms with Gasteiger partial charge in [0.05, 0.1) is 0 Å². The SMILES string of the molecule is CN(c1ccnc(C2CC2)n1)C1CCN(Cc2c(Cl)cccc2Cl)CC1. The fourth-order valence-corrected chi connectivity index (χ4v) is 4.17. The molecule has 2 aliphatic rings. The summed E-state index contributed by atoms with van der Waals surface area (Å²) < 4.78 is 0. The van der Waals surface area contributed by atoms with Crippen molar-refractivity contribution in [1.82, 2.24) is 14.9 Å². The second-order valence-electron chi connectivity index (χ2n) is 7.37. The molecular formula is C20H24Cl2N4. The molecule has 1 saturated heterocycles. The van der Waals surface area contributed by atoms with Gasteiger partial charge in [-0.3, -0.25) is 4.90 Å². The summed E-state index contributed by atoms with van der Waals surface area (Å²) in [4.78, 5) is 14.0. The normalized spacial score (nSPS) is 18.9. The molecule has 4 rings (SSSR count). The Kier molecular flexibility index (Phi) is 5.35. The summed E-state index contributed by atoms with van der Waals surface area (Å²) >= 11 is 12.6. The van der Waals surface area contributed by atoms with Crippen molar-refractivity contribution in [2.45, 2.75) is 44.2 Å². The molecule has 0 amide bonds. The zero-order valence-corrected chi connectivity index (χ0v) is 16.5. The molecule has 0 radical (unpaired) electrons. The maximum absolute atomic E-state index is 6.32. The minimum atomic E-state index is 0.509. The average molecular weight is 391 g/mol. The van der Waals surface area contributed by atoms with Gasteiger partial charge in [-0.1, -0.05) is 29.3 Å². The molecule has 6 heteroatoms. The minimum absolute atomic E-state index is 0.509. The molecule has 0 unspecified atom stereocenters. The van der Waals surface area contributed by atoms with Gasteiger partial charge in [0.15, 0.2) is 0 Å². The number of nitrogens with zero attached hydrogens (tertiary/aromatic N) is 4. The molecule has 0 N–H and O–H groups in total. The summed E-state index contributed by atoms with van der Waals surface area (Å²) in [6.07, 6.45) is 6.59. The lowest BCUT2D eigenvalue weighted by Crippen LogP contribution is -2.43. The number of likely N-dealkylation sites (tertiary alicyclic amines) is 1. The van der Waals surface area contributed by atoms with Crippen molar-refractivity contribution in [2.24, 2.45) is 0 Å². The summed E-state index contributed by atoms with van der Waals surface area (Å²) in [5.74, 6) is 2.65. The Morgan fingerprint density at radius 2 is 1.77 bits per heavy atom. The van der Waals surface area contributed by atoms with E-state index < -0.39 is 0 Å². The fraction of sp³-hybridized carbons (Fsp3) is 0.500. The van der Waals surface area contributed by atoms with E-state index in [4.69, 9.17) is 28.2 Å². The van der Waals surface area contributed by atoms with E-state index in [0.717, 1.165) is 59.7 Å². The number of rotatable bonds is 5. The van der Waals surface area contributed by atoms with Crippen LogP contribution in [0.2, 0.25) is 10.0 Å². The number of anilines is 1. The van der Waals surface area contributed by atoms with Gasteiger partial charge in [-0.15, -0.1) is 0 Å². The van der Waals surface area contributed by atoms with Crippen LogP contribution in [0.25, 0.3) is 0 Å². The van der Waals surface area contributed by atoms with Crippen LogP contribution in [0.4, 0.5) is 5.82 Å². The lowest BCUT2D eigenvalue weighted by Gasteiger charge is -2.37. The maximum Gasteiger partial charge on any atom is 0.133 e. The van der Waals surface area contributed by atoms with Crippen molar-refractivity contribution >= 4 is 29.0 Å². The number of hydrogen-bond acceptors (Lipinski definition) is 4. The van der Waals surface area contributed by atoms with Gasteiger partial charge in [0.25, 0.3) is 0 Å². The number of halogens is 2. The average Bonchev–Trinajstić information content (AvgIpc) is 3.50. The van der Waals surface area contributed by atoms with Gasteiger partial charge >= 0.3 is 0 Å². The van der Waals surface area contributed by atoms with Crippen LogP contribution in [0.5, 0.6) is 0 Å². The standard InChI is InChI=1S/C20H24Cl2N4/c1-25(19-7-10-23-20(24-19)14-5-6-14)15-8-11-26(12-9-15)13-16-17(21)3-2-4-18(16)22/h2-4,7,10,14-15H,5-6,8-9,11-13H2,1H3. The molecule has 1 aromatic heterocycles. The Labute approximate surface area is 165 Å². The highest BCUT2D eigenvalue weighted by Crippen LogP contribution is 2.38. The van der Waals surface area contributed by atoms with E-state index in [9.17, 15) is 0 Å². The van der Waals surface area contributed by atoms with Crippen LogP contribution in [0, 0.1) is 0 Å². The molecule has 2 aromatic rings. The van der Waals surface area contributed by atoms with Crippen molar-refractivity contribution < 1.29 is 0 Å². The Bertz CT molecular complexity index is 750. The van der Waals surface area contributed by atoms with Crippen LogP contribution in [0.3, 0.4) is 0 Å². The van der Waals surface area contributed by atoms with E-state index in [2.05, 4.69) is 21.8 Å². The van der Waals surface area contributed by atoms with Crippen LogP contribution < -0.4 is 4.90 Å². The lowest BCUT2D eigenvalue weighted by molar-refractivity contribution is 0.203. The van der Waals surface area contributed by atoms with Crippen LogP contribution in [-0.2, 0) is 6.54 Å². The number of benzene rings is 1. The summed E-state index contributed by atoms with van der Waals surface area (Å²) in [7, 11) is 2.16. The van der Waals surface area contributed by atoms with Crippen molar-refractivity contribution in [3.63, 3.8) is 0 Å². The molecule has 2 fully saturated rings. The highest BCUT2D eigenvalue weighted by atomic mass is 35.5. The van der Waals surface area contributed by atoms with Crippen LogP contribution in [0.15, 0.2) is 30.5 Å². The second kappa shape index (κ2) is 7.71. The molecule has 0 atom stereocenters. The summed E-state index contributed by atoms with van der Waals surface area (Å²) in [6.45, 7) is 2.89. The highest BCUT2D eigenvalue weighted by Gasteiger charge is 2.28. The zero-order chi connectivity index (χ0) is 18.1. The van der Waals surface area contributed by atoms with E-state index in [1.54, 1.807) is 0 Å². The Morgan fingerprint density at radius 3 is 2.42 bits per heavy atom. The largest absolute Gasteiger partial charge is 0.356 e. The van der Waals surface area contributed by atoms with E-state index in [1.807, 2.05) is 30.5 Å². The lowest BCUT2D eigenvalue weighted by atomic mass is 10.0. The van der Waals surface area contributed by atoms with Crippen molar-refractivity contribution in [3.05, 3.63) is 51.9 Å². The molecule has 1 aliphatic heterocycles. The van der Waals surface area contributed by atoms with Gasteiger partial charge in [-0.05, 0) is 43.9 Å². The van der Waals surface area contributed by atoms with Crippen LogP contribution in [-0.4, -0.2) is 41.0 Å². The Morgan fingerprint density at radius 1 is 1.08 bits per heavy atom. The first-order valence-electron chi connectivity index (χ1n) is 9.33. The molecule has 1 saturated carbocycles. The molecule has 0 spiro atoms. The summed E-state index contributed by atoms with van der Waals surface area (Å²) in [6, 6.07) is 8.26. The van der Waals surface area contributed by atoms with E-state index >= 15 is 0 Å². The smallest absolute Gasteiger partial charge is 0.133 e. The molecular weight excluding hydrogens is 367 g/mol. The summed E-state index contributed by atoms with van der Waals surface area (Å²) in [5.41, 5.74) is 1.03. The topological polar surface area (TPSA) is 32.3 Å². The Hall–Kier alpha value is -1.36.